The van der Waals surface area contributed by atoms with Gasteiger partial charge in [0.25, 0.3) is 0 Å². The number of aliphatic hydroxyl groups excluding tert-OH is 1. The standard InChI is InChI=1S/C16H19F3O2/c17-11-7-12(18)14(13(19)8-11)15(20)10-3-6-21-16(9-10)4-1-2-5-16/h7-8,10,15,20H,1-6,9H2. The molecule has 1 heterocycles. The van der Waals surface area contributed by atoms with Crippen molar-refractivity contribution in [3.8, 4) is 0 Å². The third-order valence-electron chi connectivity index (χ3n) is 4.83. The lowest BCUT2D eigenvalue weighted by Gasteiger charge is -2.40. The average molecular weight is 300 g/mol. The maximum atomic E-state index is 13.8. The molecule has 1 aromatic rings. The van der Waals surface area contributed by atoms with E-state index in [0.29, 0.717) is 31.6 Å². The van der Waals surface area contributed by atoms with Crippen molar-refractivity contribution in [3.63, 3.8) is 0 Å². The number of benzene rings is 1. The minimum Gasteiger partial charge on any atom is -0.388 e. The average Bonchev–Trinajstić information content (AvgIpc) is 2.85. The summed E-state index contributed by atoms with van der Waals surface area (Å²) >= 11 is 0. The Bertz CT molecular complexity index is 503. The van der Waals surface area contributed by atoms with Crippen molar-refractivity contribution in [2.75, 3.05) is 6.61 Å². The van der Waals surface area contributed by atoms with Crippen LogP contribution in [-0.2, 0) is 4.74 Å². The van der Waals surface area contributed by atoms with E-state index in [-0.39, 0.29) is 11.5 Å². The molecule has 1 aromatic carbocycles. The van der Waals surface area contributed by atoms with Gasteiger partial charge in [-0.2, -0.15) is 0 Å². The topological polar surface area (TPSA) is 29.5 Å². The molecule has 116 valence electrons. The van der Waals surface area contributed by atoms with Crippen LogP contribution in [0.25, 0.3) is 0 Å². The lowest BCUT2D eigenvalue weighted by atomic mass is 9.79. The van der Waals surface area contributed by atoms with E-state index in [1.165, 1.54) is 0 Å². The highest BCUT2D eigenvalue weighted by molar-refractivity contribution is 5.24. The van der Waals surface area contributed by atoms with Gasteiger partial charge in [-0.1, -0.05) is 12.8 Å². The largest absolute Gasteiger partial charge is 0.388 e. The van der Waals surface area contributed by atoms with Gasteiger partial charge in [-0.25, -0.2) is 13.2 Å². The van der Waals surface area contributed by atoms with Crippen molar-refractivity contribution in [2.45, 2.75) is 50.2 Å². The molecule has 1 N–H and O–H groups in total. The fraction of sp³-hybridized carbons (Fsp3) is 0.625. The first-order valence-corrected chi connectivity index (χ1v) is 7.47. The SMILES string of the molecule is OC(c1c(F)cc(F)cc1F)C1CCOC2(CCCC2)C1. The molecule has 1 spiro atoms. The van der Waals surface area contributed by atoms with Crippen molar-refractivity contribution in [2.24, 2.45) is 5.92 Å². The maximum absolute atomic E-state index is 13.8. The third kappa shape index (κ3) is 2.81. The molecule has 1 saturated heterocycles. The van der Waals surface area contributed by atoms with Crippen LogP contribution in [0, 0.1) is 23.4 Å². The fourth-order valence-corrected chi connectivity index (χ4v) is 3.77. The van der Waals surface area contributed by atoms with E-state index < -0.39 is 29.1 Å². The lowest BCUT2D eigenvalue weighted by molar-refractivity contribution is -0.114. The number of hydrogen-bond donors (Lipinski definition) is 1. The molecular weight excluding hydrogens is 281 g/mol. The Labute approximate surface area is 121 Å². The zero-order chi connectivity index (χ0) is 15.0. The van der Waals surface area contributed by atoms with Crippen molar-refractivity contribution in [1.82, 2.24) is 0 Å². The Hall–Kier alpha value is -1.07. The van der Waals surface area contributed by atoms with Crippen molar-refractivity contribution >= 4 is 0 Å². The van der Waals surface area contributed by atoms with Gasteiger partial charge >= 0.3 is 0 Å². The number of ether oxygens (including phenoxy) is 1. The maximum Gasteiger partial charge on any atom is 0.134 e. The Kier molecular flexibility index (Phi) is 3.97. The van der Waals surface area contributed by atoms with Crippen molar-refractivity contribution < 1.29 is 23.0 Å². The van der Waals surface area contributed by atoms with Gasteiger partial charge in [-0.15, -0.1) is 0 Å². The second-order valence-corrected chi connectivity index (χ2v) is 6.22. The van der Waals surface area contributed by atoms with Crippen LogP contribution in [0.5, 0.6) is 0 Å². The van der Waals surface area contributed by atoms with Crippen LogP contribution in [0.2, 0.25) is 0 Å². The zero-order valence-electron chi connectivity index (χ0n) is 11.7. The molecule has 1 saturated carbocycles. The molecule has 2 fully saturated rings. The van der Waals surface area contributed by atoms with Crippen LogP contribution >= 0.6 is 0 Å². The van der Waals surface area contributed by atoms with Crippen LogP contribution in [0.3, 0.4) is 0 Å². The first kappa shape index (κ1) is 14.9. The molecule has 2 atom stereocenters. The number of hydrogen-bond acceptors (Lipinski definition) is 2. The van der Waals surface area contributed by atoms with Crippen LogP contribution in [-0.4, -0.2) is 17.3 Å². The van der Waals surface area contributed by atoms with E-state index in [1.807, 2.05) is 0 Å². The summed E-state index contributed by atoms with van der Waals surface area (Å²) in [4.78, 5) is 0. The molecule has 0 radical (unpaired) electrons. The summed E-state index contributed by atoms with van der Waals surface area (Å²) in [7, 11) is 0. The van der Waals surface area contributed by atoms with E-state index >= 15 is 0 Å². The lowest BCUT2D eigenvalue weighted by Crippen LogP contribution is -2.39. The van der Waals surface area contributed by atoms with Crippen molar-refractivity contribution in [3.05, 3.63) is 35.1 Å². The molecule has 0 bridgehead atoms. The predicted octanol–water partition coefficient (Wildman–Crippen LogP) is 3.88. The first-order valence-electron chi connectivity index (χ1n) is 7.47. The van der Waals surface area contributed by atoms with E-state index in [1.54, 1.807) is 0 Å². The van der Waals surface area contributed by atoms with Crippen molar-refractivity contribution in [1.29, 1.82) is 0 Å². The predicted molar refractivity (Wildman–Crippen MR) is 71.2 cm³/mol. The summed E-state index contributed by atoms with van der Waals surface area (Å²) in [6.07, 6.45) is 3.94. The number of aliphatic hydroxyl groups is 1. The second kappa shape index (κ2) is 5.61. The van der Waals surface area contributed by atoms with Gasteiger partial charge in [0.15, 0.2) is 0 Å². The normalized spacial score (nSPS) is 26.2. The highest BCUT2D eigenvalue weighted by atomic mass is 19.1. The summed E-state index contributed by atoms with van der Waals surface area (Å²) in [5.74, 6) is -3.27. The van der Waals surface area contributed by atoms with Gasteiger partial charge in [0.1, 0.15) is 17.5 Å². The van der Waals surface area contributed by atoms with Crippen LogP contribution < -0.4 is 0 Å². The Morgan fingerprint density at radius 3 is 2.38 bits per heavy atom. The Morgan fingerprint density at radius 2 is 1.76 bits per heavy atom. The molecule has 2 unspecified atom stereocenters. The quantitative estimate of drug-likeness (QED) is 0.898. The molecular formula is C16H19F3O2. The highest BCUT2D eigenvalue weighted by Crippen LogP contribution is 2.45. The van der Waals surface area contributed by atoms with E-state index in [4.69, 9.17) is 4.74 Å². The molecule has 2 aliphatic rings. The summed E-state index contributed by atoms with van der Waals surface area (Å²) in [5, 5.41) is 10.4. The molecule has 5 heteroatoms. The van der Waals surface area contributed by atoms with E-state index in [9.17, 15) is 18.3 Å². The van der Waals surface area contributed by atoms with Crippen LogP contribution in [0.15, 0.2) is 12.1 Å². The fourth-order valence-electron chi connectivity index (χ4n) is 3.77. The highest BCUT2D eigenvalue weighted by Gasteiger charge is 2.42. The number of rotatable bonds is 2. The summed E-state index contributed by atoms with van der Waals surface area (Å²) < 4.78 is 46.5. The zero-order valence-corrected chi connectivity index (χ0v) is 11.7. The van der Waals surface area contributed by atoms with E-state index in [0.717, 1.165) is 25.7 Å². The molecule has 3 rings (SSSR count). The Balaban J connectivity index is 1.83. The third-order valence-corrected chi connectivity index (χ3v) is 4.83. The summed E-state index contributed by atoms with van der Waals surface area (Å²) in [5.41, 5.74) is -0.659. The van der Waals surface area contributed by atoms with Gasteiger partial charge in [0.2, 0.25) is 0 Å². The summed E-state index contributed by atoms with van der Waals surface area (Å²) in [6.45, 7) is 0.492. The van der Waals surface area contributed by atoms with Gasteiger partial charge in [-0.3, -0.25) is 0 Å². The monoisotopic (exact) mass is 300 g/mol. The van der Waals surface area contributed by atoms with Gasteiger partial charge in [0.05, 0.1) is 17.3 Å². The van der Waals surface area contributed by atoms with Gasteiger partial charge in [-0.05, 0) is 31.6 Å². The van der Waals surface area contributed by atoms with Crippen LogP contribution in [0.1, 0.15) is 50.2 Å². The smallest absolute Gasteiger partial charge is 0.134 e. The van der Waals surface area contributed by atoms with E-state index in [2.05, 4.69) is 0 Å². The van der Waals surface area contributed by atoms with Gasteiger partial charge < -0.3 is 9.84 Å². The molecule has 1 aliphatic carbocycles. The molecule has 21 heavy (non-hydrogen) atoms. The van der Waals surface area contributed by atoms with Crippen LogP contribution in [0.4, 0.5) is 13.2 Å². The minimum absolute atomic E-state index is 0.239. The number of halogens is 3. The summed E-state index contributed by atoms with van der Waals surface area (Å²) in [6, 6.07) is 1.23. The molecule has 0 amide bonds. The molecule has 1 aliphatic heterocycles. The van der Waals surface area contributed by atoms with Gasteiger partial charge in [0, 0.05) is 18.7 Å². The minimum atomic E-state index is -1.26. The molecule has 2 nitrogen and oxygen atoms in total. The second-order valence-electron chi connectivity index (χ2n) is 6.22. The molecule has 0 aromatic heterocycles. The first-order chi connectivity index (χ1) is 10.0. The Morgan fingerprint density at radius 1 is 1.14 bits per heavy atom.